The normalized spacial score (nSPS) is 11.5. The van der Waals surface area contributed by atoms with Crippen molar-refractivity contribution in [3.05, 3.63) is 21.5 Å². The van der Waals surface area contributed by atoms with Crippen LogP contribution in [0.3, 0.4) is 0 Å². The zero-order chi connectivity index (χ0) is 11.5. The standard InChI is InChI=1S/C8H7F3INO2/c1-14-4-15-5-2-3-13-7(6(5)12)8(9,10)11/h2-3H,4H2,1H3. The first-order valence-corrected chi connectivity index (χ1v) is 4.88. The molecule has 1 aromatic rings. The van der Waals surface area contributed by atoms with E-state index in [-0.39, 0.29) is 16.1 Å². The van der Waals surface area contributed by atoms with Crippen LogP contribution in [-0.4, -0.2) is 18.9 Å². The van der Waals surface area contributed by atoms with Gasteiger partial charge in [-0.3, -0.25) is 4.98 Å². The molecule has 0 spiro atoms. The Bertz CT molecular complexity index is 343. The molecular formula is C8H7F3INO2. The van der Waals surface area contributed by atoms with E-state index < -0.39 is 11.9 Å². The van der Waals surface area contributed by atoms with E-state index >= 15 is 0 Å². The molecule has 0 radical (unpaired) electrons. The number of ether oxygens (including phenoxy) is 2. The minimum Gasteiger partial charge on any atom is -0.466 e. The molecule has 0 saturated carbocycles. The van der Waals surface area contributed by atoms with Crippen LogP contribution >= 0.6 is 22.6 Å². The van der Waals surface area contributed by atoms with Gasteiger partial charge in [0.25, 0.3) is 0 Å². The number of rotatable bonds is 3. The predicted octanol–water partition coefficient (Wildman–Crippen LogP) is 2.69. The Morgan fingerprint density at radius 3 is 2.67 bits per heavy atom. The molecule has 0 aliphatic heterocycles. The summed E-state index contributed by atoms with van der Waals surface area (Å²) in [7, 11) is 1.39. The quantitative estimate of drug-likeness (QED) is 0.630. The Labute approximate surface area is 97.7 Å². The Morgan fingerprint density at radius 1 is 1.47 bits per heavy atom. The summed E-state index contributed by atoms with van der Waals surface area (Å²) in [6.45, 7) is -0.0999. The Kier molecular flexibility index (Phi) is 4.14. The lowest BCUT2D eigenvalue weighted by Gasteiger charge is -2.11. The summed E-state index contributed by atoms with van der Waals surface area (Å²) in [5.41, 5.74) is -0.947. The van der Waals surface area contributed by atoms with Crippen LogP contribution in [0.5, 0.6) is 5.75 Å². The first-order valence-electron chi connectivity index (χ1n) is 3.80. The lowest BCUT2D eigenvalue weighted by atomic mass is 10.3. The number of halogens is 4. The third-order valence-electron chi connectivity index (χ3n) is 1.45. The maximum Gasteiger partial charge on any atom is 0.434 e. The Morgan fingerprint density at radius 2 is 2.13 bits per heavy atom. The van der Waals surface area contributed by atoms with Gasteiger partial charge in [-0.15, -0.1) is 0 Å². The van der Waals surface area contributed by atoms with Gasteiger partial charge < -0.3 is 9.47 Å². The molecule has 1 rings (SSSR count). The van der Waals surface area contributed by atoms with Crippen molar-refractivity contribution in [3.63, 3.8) is 0 Å². The second-order valence-electron chi connectivity index (χ2n) is 2.52. The molecule has 0 aromatic carbocycles. The SMILES string of the molecule is COCOc1ccnc(C(F)(F)F)c1I. The summed E-state index contributed by atoms with van der Waals surface area (Å²) in [5, 5.41) is 0. The Balaban J connectivity index is 3.01. The van der Waals surface area contributed by atoms with E-state index in [4.69, 9.17) is 4.74 Å². The highest BCUT2D eigenvalue weighted by Crippen LogP contribution is 2.34. The highest BCUT2D eigenvalue weighted by atomic mass is 127. The maximum atomic E-state index is 12.4. The van der Waals surface area contributed by atoms with Crippen molar-refractivity contribution in [2.75, 3.05) is 13.9 Å². The monoisotopic (exact) mass is 333 g/mol. The van der Waals surface area contributed by atoms with Gasteiger partial charge in [0.15, 0.2) is 12.5 Å². The van der Waals surface area contributed by atoms with Crippen LogP contribution < -0.4 is 4.74 Å². The molecule has 0 saturated heterocycles. The van der Waals surface area contributed by atoms with Crippen molar-refractivity contribution < 1.29 is 22.6 Å². The summed E-state index contributed by atoms with van der Waals surface area (Å²) in [4.78, 5) is 3.26. The fraction of sp³-hybridized carbons (Fsp3) is 0.375. The summed E-state index contributed by atoms with van der Waals surface area (Å²) < 4.78 is 46.7. The van der Waals surface area contributed by atoms with Crippen LogP contribution in [-0.2, 0) is 10.9 Å². The van der Waals surface area contributed by atoms with Crippen LogP contribution in [0.25, 0.3) is 0 Å². The maximum absolute atomic E-state index is 12.4. The predicted molar refractivity (Wildman–Crippen MR) is 54.5 cm³/mol. The van der Waals surface area contributed by atoms with Gasteiger partial charge in [-0.2, -0.15) is 13.2 Å². The number of nitrogens with zero attached hydrogens (tertiary/aromatic N) is 1. The molecule has 84 valence electrons. The van der Waals surface area contributed by atoms with Crippen molar-refractivity contribution in [2.24, 2.45) is 0 Å². The lowest BCUT2D eigenvalue weighted by Crippen LogP contribution is -2.12. The van der Waals surface area contributed by atoms with Crippen LogP contribution in [0.4, 0.5) is 13.2 Å². The summed E-state index contributed by atoms with van der Waals surface area (Å²) in [6.07, 6.45) is -3.42. The fourth-order valence-electron chi connectivity index (χ4n) is 0.858. The number of pyridine rings is 1. The van der Waals surface area contributed by atoms with Crippen LogP contribution in [0.1, 0.15) is 5.69 Å². The van der Waals surface area contributed by atoms with Gasteiger partial charge in [-0.05, 0) is 28.7 Å². The zero-order valence-electron chi connectivity index (χ0n) is 7.64. The van der Waals surface area contributed by atoms with Crippen molar-refractivity contribution in [1.29, 1.82) is 0 Å². The van der Waals surface area contributed by atoms with Gasteiger partial charge in [0, 0.05) is 13.3 Å². The van der Waals surface area contributed by atoms with Gasteiger partial charge in [-0.25, -0.2) is 0 Å². The zero-order valence-corrected chi connectivity index (χ0v) is 9.79. The summed E-state index contributed by atoms with van der Waals surface area (Å²) in [5.74, 6) is 0.111. The van der Waals surface area contributed by atoms with Gasteiger partial charge in [0.1, 0.15) is 5.75 Å². The number of alkyl halides is 3. The van der Waals surface area contributed by atoms with E-state index in [2.05, 4.69) is 9.72 Å². The average molecular weight is 333 g/mol. The minimum absolute atomic E-state index is 0.0698. The van der Waals surface area contributed by atoms with Crippen molar-refractivity contribution >= 4 is 22.6 Å². The van der Waals surface area contributed by atoms with Crippen molar-refractivity contribution in [1.82, 2.24) is 4.98 Å². The minimum atomic E-state index is -4.47. The van der Waals surface area contributed by atoms with E-state index in [0.29, 0.717) is 0 Å². The molecule has 7 heteroatoms. The smallest absolute Gasteiger partial charge is 0.434 e. The Hall–Kier alpha value is -0.570. The highest BCUT2D eigenvalue weighted by Gasteiger charge is 2.36. The molecule has 0 amide bonds. The fourth-order valence-corrected chi connectivity index (χ4v) is 1.64. The second kappa shape index (κ2) is 4.97. The molecule has 0 aliphatic rings. The molecule has 0 N–H and O–H groups in total. The first-order chi connectivity index (χ1) is 6.96. The number of hydrogen-bond donors (Lipinski definition) is 0. The molecule has 0 fully saturated rings. The molecule has 15 heavy (non-hydrogen) atoms. The highest BCUT2D eigenvalue weighted by molar-refractivity contribution is 14.1. The van der Waals surface area contributed by atoms with Gasteiger partial charge in [0.05, 0.1) is 3.57 Å². The van der Waals surface area contributed by atoms with E-state index in [0.717, 1.165) is 6.20 Å². The molecule has 0 aliphatic carbocycles. The lowest BCUT2D eigenvalue weighted by molar-refractivity contribution is -0.142. The molecule has 1 aromatic heterocycles. The van der Waals surface area contributed by atoms with E-state index in [1.807, 2.05) is 0 Å². The van der Waals surface area contributed by atoms with Gasteiger partial charge in [-0.1, -0.05) is 0 Å². The van der Waals surface area contributed by atoms with E-state index in [1.165, 1.54) is 13.2 Å². The van der Waals surface area contributed by atoms with Crippen molar-refractivity contribution in [2.45, 2.75) is 6.18 Å². The number of aromatic nitrogens is 1. The van der Waals surface area contributed by atoms with E-state index in [1.54, 1.807) is 22.6 Å². The number of methoxy groups -OCH3 is 1. The molecule has 3 nitrogen and oxygen atoms in total. The molecule has 1 heterocycles. The summed E-state index contributed by atoms with van der Waals surface area (Å²) >= 11 is 1.54. The second-order valence-corrected chi connectivity index (χ2v) is 3.60. The molecule has 0 atom stereocenters. The molecular weight excluding hydrogens is 326 g/mol. The third kappa shape index (κ3) is 3.20. The largest absolute Gasteiger partial charge is 0.466 e. The molecule has 0 bridgehead atoms. The topological polar surface area (TPSA) is 31.4 Å². The molecule has 0 unspecified atom stereocenters. The van der Waals surface area contributed by atoms with Crippen molar-refractivity contribution in [3.8, 4) is 5.75 Å². The third-order valence-corrected chi connectivity index (χ3v) is 2.50. The van der Waals surface area contributed by atoms with Crippen LogP contribution in [0.2, 0.25) is 0 Å². The van der Waals surface area contributed by atoms with Crippen LogP contribution in [0.15, 0.2) is 12.3 Å². The average Bonchev–Trinajstić information content (AvgIpc) is 2.14. The first kappa shape index (κ1) is 12.5. The number of hydrogen-bond acceptors (Lipinski definition) is 3. The summed E-state index contributed by atoms with van der Waals surface area (Å²) in [6, 6.07) is 1.36. The van der Waals surface area contributed by atoms with Crippen LogP contribution in [0, 0.1) is 3.57 Å². The van der Waals surface area contributed by atoms with Gasteiger partial charge in [0.2, 0.25) is 0 Å². The van der Waals surface area contributed by atoms with E-state index in [9.17, 15) is 13.2 Å². The van der Waals surface area contributed by atoms with Gasteiger partial charge >= 0.3 is 6.18 Å².